The molecule has 2 atom stereocenters. The van der Waals surface area contributed by atoms with Gasteiger partial charge in [-0.2, -0.15) is 0 Å². The fourth-order valence-corrected chi connectivity index (χ4v) is 6.13. The van der Waals surface area contributed by atoms with E-state index in [1.165, 1.54) is 64.2 Å². The van der Waals surface area contributed by atoms with Gasteiger partial charge >= 0.3 is 19.8 Å². The first-order valence-electron chi connectivity index (χ1n) is 20.8. The summed E-state index contributed by atoms with van der Waals surface area (Å²) in [6.45, 7) is 3.57. The summed E-state index contributed by atoms with van der Waals surface area (Å²) in [5, 5.41) is 0. The molecule has 306 valence electrons. The minimum absolute atomic E-state index is 0.0458. The lowest BCUT2D eigenvalue weighted by molar-refractivity contribution is -0.161. The standard InChI is InChI=1S/C43H76NO8P/c1-3-5-7-9-11-13-15-17-18-19-20-21-22-24-26-28-30-32-34-36-43(46)52-41(40-51-53(47,48)50-38-37-44)39-49-42(45)35-33-31-29-27-25-23-16-14-12-10-8-6-4-2/h5,7,11,13,17-18,20-21,24,26,41H,3-4,6,8-10,12,14-16,19,22-23,25,27-40,44H2,1-2H3,(H,47,48)/b7-5+,13-11+,18-17+,21-20+,26-24+/t41-/m1/s1. The van der Waals surface area contributed by atoms with Crippen molar-refractivity contribution in [1.29, 1.82) is 0 Å². The van der Waals surface area contributed by atoms with Crippen LogP contribution in [0.1, 0.15) is 168 Å². The zero-order valence-corrected chi connectivity index (χ0v) is 34.4. The fourth-order valence-electron chi connectivity index (χ4n) is 5.37. The Labute approximate surface area is 323 Å². The van der Waals surface area contributed by atoms with Crippen LogP contribution in [0, 0.1) is 0 Å². The number of phosphoric acid groups is 1. The Bertz CT molecular complexity index is 1050. The molecule has 10 heteroatoms. The number of rotatable bonds is 38. The SMILES string of the molecule is CC/C=C/C/C=C/C/C=C/C/C=C/C/C=C/CCCCCC(=O)O[C@H](COC(=O)CCCCCCCCCCCCCCC)COP(=O)(O)OCCN. The number of hydrogen-bond acceptors (Lipinski definition) is 8. The van der Waals surface area contributed by atoms with Crippen molar-refractivity contribution in [2.75, 3.05) is 26.4 Å². The Kier molecular flexibility index (Phi) is 37.7. The van der Waals surface area contributed by atoms with Crippen molar-refractivity contribution < 1.29 is 37.6 Å². The van der Waals surface area contributed by atoms with Gasteiger partial charge in [-0.15, -0.1) is 0 Å². The highest BCUT2D eigenvalue weighted by molar-refractivity contribution is 7.47. The zero-order chi connectivity index (χ0) is 38.9. The number of allylic oxidation sites excluding steroid dienone is 10. The van der Waals surface area contributed by atoms with Crippen LogP contribution < -0.4 is 5.73 Å². The third kappa shape index (κ3) is 39.2. The van der Waals surface area contributed by atoms with Crippen LogP contribution in [-0.2, 0) is 32.7 Å². The molecule has 0 fully saturated rings. The number of phosphoric ester groups is 1. The van der Waals surface area contributed by atoms with Crippen molar-refractivity contribution in [1.82, 2.24) is 0 Å². The molecule has 1 unspecified atom stereocenters. The van der Waals surface area contributed by atoms with Crippen molar-refractivity contribution in [3.05, 3.63) is 60.8 Å². The van der Waals surface area contributed by atoms with E-state index < -0.39 is 32.5 Å². The summed E-state index contributed by atoms with van der Waals surface area (Å²) in [5.41, 5.74) is 5.34. The van der Waals surface area contributed by atoms with Crippen molar-refractivity contribution in [2.24, 2.45) is 5.73 Å². The molecule has 0 radical (unpaired) electrons. The van der Waals surface area contributed by atoms with E-state index in [-0.39, 0.29) is 32.6 Å². The fraction of sp³-hybridized carbons (Fsp3) is 0.721. The molecular formula is C43H76NO8P. The number of carbonyl (C=O) groups excluding carboxylic acids is 2. The molecular weight excluding hydrogens is 689 g/mol. The molecule has 0 aliphatic carbocycles. The van der Waals surface area contributed by atoms with Crippen LogP contribution in [0.3, 0.4) is 0 Å². The molecule has 0 amide bonds. The van der Waals surface area contributed by atoms with Crippen LogP contribution in [0.15, 0.2) is 60.8 Å². The molecule has 0 rings (SSSR count). The maximum absolute atomic E-state index is 12.6. The highest BCUT2D eigenvalue weighted by Crippen LogP contribution is 2.43. The highest BCUT2D eigenvalue weighted by Gasteiger charge is 2.25. The van der Waals surface area contributed by atoms with E-state index in [9.17, 15) is 19.0 Å². The van der Waals surface area contributed by atoms with Crippen molar-refractivity contribution in [3.8, 4) is 0 Å². The average Bonchev–Trinajstić information content (AvgIpc) is 3.14. The Morgan fingerprint density at radius 3 is 1.55 bits per heavy atom. The van der Waals surface area contributed by atoms with E-state index in [2.05, 4.69) is 74.6 Å². The van der Waals surface area contributed by atoms with Crippen molar-refractivity contribution in [2.45, 2.75) is 174 Å². The second-order valence-corrected chi connectivity index (χ2v) is 14.9. The smallest absolute Gasteiger partial charge is 0.462 e. The first-order valence-corrected chi connectivity index (χ1v) is 22.3. The van der Waals surface area contributed by atoms with Crippen molar-refractivity contribution >= 4 is 19.8 Å². The highest BCUT2D eigenvalue weighted by atomic mass is 31.2. The van der Waals surface area contributed by atoms with Gasteiger partial charge in [0.25, 0.3) is 0 Å². The van der Waals surface area contributed by atoms with Crippen LogP contribution in [0.5, 0.6) is 0 Å². The number of carbonyl (C=O) groups is 2. The quantitative estimate of drug-likeness (QED) is 0.0272. The van der Waals surface area contributed by atoms with Gasteiger partial charge in [-0.05, 0) is 57.8 Å². The Morgan fingerprint density at radius 2 is 1.04 bits per heavy atom. The molecule has 0 aromatic rings. The maximum atomic E-state index is 12.6. The number of unbranched alkanes of at least 4 members (excludes halogenated alkanes) is 15. The summed E-state index contributed by atoms with van der Waals surface area (Å²) in [7, 11) is -4.38. The molecule has 0 aromatic heterocycles. The summed E-state index contributed by atoms with van der Waals surface area (Å²) in [6, 6.07) is 0. The minimum atomic E-state index is -4.38. The molecule has 0 saturated heterocycles. The summed E-state index contributed by atoms with van der Waals surface area (Å²) < 4.78 is 32.7. The molecule has 0 aromatic carbocycles. The zero-order valence-electron chi connectivity index (χ0n) is 33.5. The van der Waals surface area contributed by atoms with E-state index in [1.54, 1.807) is 0 Å². The molecule has 0 spiro atoms. The number of nitrogens with two attached hydrogens (primary N) is 1. The van der Waals surface area contributed by atoms with E-state index in [1.807, 2.05) is 0 Å². The summed E-state index contributed by atoms with van der Waals surface area (Å²) >= 11 is 0. The maximum Gasteiger partial charge on any atom is 0.472 e. The monoisotopic (exact) mass is 766 g/mol. The van der Waals surface area contributed by atoms with Crippen LogP contribution in [0.25, 0.3) is 0 Å². The molecule has 0 aliphatic rings. The third-order valence-corrected chi connectivity index (χ3v) is 9.40. The second kappa shape index (κ2) is 39.4. The van der Waals surface area contributed by atoms with Crippen LogP contribution in [0.2, 0.25) is 0 Å². The lowest BCUT2D eigenvalue weighted by atomic mass is 10.0. The predicted octanol–water partition coefficient (Wildman–Crippen LogP) is 11.7. The van der Waals surface area contributed by atoms with Gasteiger partial charge in [0.05, 0.1) is 13.2 Å². The van der Waals surface area contributed by atoms with Crippen LogP contribution in [0.4, 0.5) is 0 Å². The summed E-state index contributed by atoms with van der Waals surface area (Å²) in [5.74, 6) is -0.868. The Balaban J connectivity index is 4.25. The molecule has 9 nitrogen and oxygen atoms in total. The van der Waals surface area contributed by atoms with Gasteiger partial charge in [0.15, 0.2) is 6.10 Å². The lowest BCUT2D eigenvalue weighted by Gasteiger charge is -2.19. The van der Waals surface area contributed by atoms with Crippen molar-refractivity contribution in [3.63, 3.8) is 0 Å². The molecule has 0 aliphatic heterocycles. The van der Waals surface area contributed by atoms with E-state index in [0.717, 1.165) is 70.6 Å². The molecule has 0 saturated carbocycles. The first kappa shape index (κ1) is 50.7. The van der Waals surface area contributed by atoms with E-state index in [0.29, 0.717) is 6.42 Å². The van der Waals surface area contributed by atoms with Gasteiger partial charge < -0.3 is 20.1 Å². The topological polar surface area (TPSA) is 134 Å². The van der Waals surface area contributed by atoms with Gasteiger partial charge in [-0.3, -0.25) is 18.6 Å². The minimum Gasteiger partial charge on any atom is -0.462 e. The van der Waals surface area contributed by atoms with Crippen LogP contribution in [-0.4, -0.2) is 49.3 Å². The van der Waals surface area contributed by atoms with Gasteiger partial charge in [-0.1, -0.05) is 158 Å². The summed E-state index contributed by atoms with van der Waals surface area (Å²) in [6.07, 6.45) is 45.3. The Morgan fingerprint density at radius 1 is 0.585 bits per heavy atom. The molecule has 3 N–H and O–H groups in total. The predicted molar refractivity (Wildman–Crippen MR) is 219 cm³/mol. The number of ether oxygens (including phenoxy) is 2. The largest absolute Gasteiger partial charge is 0.472 e. The Hall–Kier alpha value is -2.29. The normalized spacial score (nSPS) is 14.0. The third-order valence-electron chi connectivity index (χ3n) is 8.42. The molecule has 0 heterocycles. The molecule has 0 bridgehead atoms. The molecule has 53 heavy (non-hydrogen) atoms. The first-order chi connectivity index (χ1) is 25.8. The van der Waals surface area contributed by atoms with Crippen LogP contribution >= 0.6 is 7.82 Å². The number of esters is 2. The van der Waals surface area contributed by atoms with Gasteiger partial charge in [0.1, 0.15) is 6.61 Å². The lowest BCUT2D eigenvalue weighted by Crippen LogP contribution is -2.29. The average molecular weight is 766 g/mol. The van der Waals surface area contributed by atoms with Gasteiger partial charge in [0.2, 0.25) is 0 Å². The van der Waals surface area contributed by atoms with E-state index >= 15 is 0 Å². The number of hydrogen-bond donors (Lipinski definition) is 2. The van der Waals surface area contributed by atoms with Gasteiger partial charge in [-0.25, -0.2) is 4.57 Å². The summed E-state index contributed by atoms with van der Waals surface area (Å²) in [4.78, 5) is 34.8. The van der Waals surface area contributed by atoms with Gasteiger partial charge in [0, 0.05) is 19.4 Å². The second-order valence-electron chi connectivity index (χ2n) is 13.5. The van der Waals surface area contributed by atoms with E-state index in [4.69, 9.17) is 24.3 Å².